The van der Waals surface area contributed by atoms with E-state index in [1.54, 1.807) is 4.52 Å². The summed E-state index contributed by atoms with van der Waals surface area (Å²) in [5, 5.41) is 13.6. The molecule has 1 saturated heterocycles. The van der Waals surface area contributed by atoms with Crippen molar-refractivity contribution in [1.82, 2.24) is 19.8 Å². The predicted molar refractivity (Wildman–Crippen MR) is 91.4 cm³/mol. The van der Waals surface area contributed by atoms with Gasteiger partial charge in [0.05, 0.1) is 0 Å². The van der Waals surface area contributed by atoms with Gasteiger partial charge in [0.25, 0.3) is 0 Å². The zero-order valence-electron chi connectivity index (χ0n) is 12.9. The molecule has 0 saturated carbocycles. The number of benzene rings is 1. The van der Waals surface area contributed by atoms with Crippen LogP contribution in [-0.4, -0.2) is 46.0 Å². The quantitative estimate of drug-likeness (QED) is 0.723. The molecule has 0 aliphatic carbocycles. The van der Waals surface area contributed by atoms with Gasteiger partial charge in [0.2, 0.25) is 0 Å². The van der Waals surface area contributed by atoms with Crippen LogP contribution in [-0.2, 0) is 0 Å². The molecular weight excluding hydrogens is 312 g/mol. The van der Waals surface area contributed by atoms with Gasteiger partial charge in [-0.3, -0.25) is 0 Å². The molecule has 0 unspecified atom stereocenters. The van der Waals surface area contributed by atoms with Crippen LogP contribution in [0.4, 0.5) is 11.5 Å². The Morgan fingerprint density at radius 3 is 2.30 bits per heavy atom. The number of hydrogen-bond acceptors (Lipinski definition) is 5. The highest BCUT2D eigenvalue weighted by atomic mass is 35.5. The molecular formula is C16H17ClN6. The highest BCUT2D eigenvalue weighted by Crippen LogP contribution is 2.21. The van der Waals surface area contributed by atoms with E-state index in [4.69, 9.17) is 11.6 Å². The third kappa shape index (κ3) is 2.70. The zero-order valence-corrected chi connectivity index (χ0v) is 13.6. The number of piperazine rings is 1. The van der Waals surface area contributed by atoms with Crippen LogP contribution in [0.25, 0.3) is 5.65 Å². The van der Waals surface area contributed by atoms with Crippen LogP contribution in [0.15, 0.2) is 36.4 Å². The highest BCUT2D eigenvalue weighted by Gasteiger charge is 2.19. The Morgan fingerprint density at radius 2 is 1.57 bits per heavy atom. The smallest absolute Gasteiger partial charge is 0.178 e. The summed E-state index contributed by atoms with van der Waals surface area (Å²) in [5.74, 6) is 1.78. The maximum Gasteiger partial charge on any atom is 0.178 e. The minimum atomic E-state index is 0.772. The van der Waals surface area contributed by atoms with E-state index in [0.29, 0.717) is 0 Å². The molecule has 0 atom stereocenters. The summed E-state index contributed by atoms with van der Waals surface area (Å²) in [6, 6.07) is 12.0. The Labute approximate surface area is 139 Å². The summed E-state index contributed by atoms with van der Waals surface area (Å²) in [7, 11) is 0. The SMILES string of the molecule is Cc1nnc2ccc(N3CCN(c4ccc(Cl)cc4)CC3)nn12. The standard InChI is InChI=1S/C16H17ClN6/c1-12-18-19-15-6-7-16(20-23(12)15)22-10-8-21(9-11-22)14-4-2-13(17)3-5-14/h2-7H,8-11H2,1H3. The lowest BCUT2D eigenvalue weighted by Gasteiger charge is -2.36. The van der Waals surface area contributed by atoms with E-state index in [1.165, 1.54) is 5.69 Å². The van der Waals surface area contributed by atoms with E-state index in [0.717, 1.165) is 48.5 Å². The Bertz CT molecular complexity index is 820. The van der Waals surface area contributed by atoms with E-state index in [-0.39, 0.29) is 0 Å². The van der Waals surface area contributed by atoms with Crippen LogP contribution >= 0.6 is 11.6 Å². The molecule has 4 rings (SSSR count). The monoisotopic (exact) mass is 328 g/mol. The van der Waals surface area contributed by atoms with Gasteiger partial charge in [0.15, 0.2) is 11.5 Å². The number of halogens is 1. The summed E-state index contributed by atoms with van der Waals surface area (Å²) in [4.78, 5) is 4.67. The third-order valence-corrected chi connectivity index (χ3v) is 4.45. The lowest BCUT2D eigenvalue weighted by atomic mass is 10.2. The molecule has 1 aliphatic rings. The maximum absolute atomic E-state index is 5.96. The van der Waals surface area contributed by atoms with E-state index < -0.39 is 0 Å². The van der Waals surface area contributed by atoms with Crippen molar-refractivity contribution in [3.8, 4) is 0 Å². The molecule has 0 N–H and O–H groups in total. The summed E-state index contributed by atoms with van der Waals surface area (Å²) in [6.07, 6.45) is 0. The lowest BCUT2D eigenvalue weighted by Crippen LogP contribution is -2.47. The molecule has 0 bridgehead atoms. The zero-order chi connectivity index (χ0) is 15.8. The minimum Gasteiger partial charge on any atom is -0.368 e. The molecule has 23 heavy (non-hydrogen) atoms. The Hall–Kier alpha value is -2.34. The van der Waals surface area contributed by atoms with Gasteiger partial charge >= 0.3 is 0 Å². The predicted octanol–water partition coefficient (Wildman–Crippen LogP) is 2.41. The van der Waals surface area contributed by atoms with E-state index in [9.17, 15) is 0 Å². The van der Waals surface area contributed by atoms with Crippen molar-refractivity contribution in [3.63, 3.8) is 0 Å². The first kappa shape index (κ1) is 14.3. The van der Waals surface area contributed by atoms with Crippen molar-refractivity contribution in [2.45, 2.75) is 6.92 Å². The highest BCUT2D eigenvalue weighted by molar-refractivity contribution is 6.30. The minimum absolute atomic E-state index is 0.772. The van der Waals surface area contributed by atoms with Crippen molar-refractivity contribution in [3.05, 3.63) is 47.2 Å². The van der Waals surface area contributed by atoms with Gasteiger partial charge in [-0.2, -0.15) is 4.52 Å². The topological polar surface area (TPSA) is 49.6 Å². The van der Waals surface area contributed by atoms with Crippen LogP contribution in [0.3, 0.4) is 0 Å². The van der Waals surface area contributed by atoms with E-state index >= 15 is 0 Å². The number of fused-ring (bicyclic) bond motifs is 1. The molecule has 1 aromatic carbocycles. The fraction of sp³-hybridized carbons (Fsp3) is 0.312. The first-order valence-electron chi connectivity index (χ1n) is 7.65. The molecule has 2 aromatic heterocycles. The fourth-order valence-electron chi connectivity index (χ4n) is 2.90. The summed E-state index contributed by atoms with van der Waals surface area (Å²) in [6.45, 7) is 5.70. The van der Waals surface area contributed by atoms with Gasteiger partial charge in [-0.1, -0.05) is 11.6 Å². The van der Waals surface area contributed by atoms with Gasteiger partial charge < -0.3 is 9.80 Å². The second-order valence-corrected chi connectivity index (χ2v) is 6.10. The van der Waals surface area contributed by atoms with E-state index in [1.807, 2.05) is 31.2 Å². The molecule has 3 heterocycles. The van der Waals surface area contributed by atoms with Gasteiger partial charge in [-0.15, -0.1) is 15.3 Å². The number of aryl methyl sites for hydroxylation is 1. The van der Waals surface area contributed by atoms with Crippen LogP contribution in [0.2, 0.25) is 5.02 Å². The number of nitrogens with zero attached hydrogens (tertiary/aromatic N) is 6. The molecule has 7 heteroatoms. The molecule has 0 radical (unpaired) electrons. The summed E-state index contributed by atoms with van der Waals surface area (Å²) < 4.78 is 1.79. The van der Waals surface area contributed by atoms with Crippen molar-refractivity contribution < 1.29 is 0 Å². The summed E-state index contributed by atoms with van der Waals surface area (Å²) in [5.41, 5.74) is 2.00. The molecule has 6 nitrogen and oxygen atoms in total. The van der Waals surface area contributed by atoms with E-state index in [2.05, 4.69) is 37.2 Å². The maximum atomic E-state index is 5.96. The first-order chi connectivity index (χ1) is 11.2. The number of rotatable bonds is 2. The molecule has 3 aromatic rings. The number of anilines is 2. The number of aromatic nitrogens is 4. The van der Waals surface area contributed by atoms with Gasteiger partial charge in [-0.25, -0.2) is 0 Å². The fourth-order valence-corrected chi connectivity index (χ4v) is 3.03. The normalized spacial score (nSPS) is 15.4. The van der Waals surface area contributed by atoms with Crippen LogP contribution in [0.1, 0.15) is 5.82 Å². The third-order valence-electron chi connectivity index (χ3n) is 4.20. The van der Waals surface area contributed by atoms with Crippen molar-refractivity contribution in [1.29, 1.82) is 0 Å². The first-order valence-corrected chi connectivity index (χ1v) is 8.03. The number of hydrogen-bond donors (Lipinski definition) is 0. The van der Waals surface area contributed by atoms with Crippen molar-refractivity contribution >= 4 is 28.8 Å². The largest absolute Gasteiger partial charge is 0.368 e. The Kier molecular flexibility index (Phi) is 3.53. The van der Waals surface area contributed by atoms with Crippen LogP contribution in [0, 0.1) is 6.92 Å². The lowest BCUT2D eigenvalue weighted by molar-refractivity contribution is 0.640. The van der Waals surface area contributed by atoms with Gasteiger partial charge in [0, 0.05) is 36.9 Å². The molecule has 118 valence electrons. The molecule has 0 spiro atoms. The Balaban J connectivity index is 1.49. The van der Waals surface area contributed by atoms with Crippen LogP contribution in [0.5, 0.6) is 0 Å². The molecule has 0 amide bonds. The Morgan fingerprint density at radius 1 is 0.870 bits per heavy atom. The molecule has 1 aliphatic heterocycles. The average molecular weight is 329 g/mol. The van der Waals surface area contributed by atoms with Gasteiger partial charge in [-0.05, 0) is 43.3 Å². The second-order valence-electron chi connectivity index (χ2n) is 5.66. The van der Waals surface area contributed by atoms with Gasteiger partial charge in [0.1, 0.15) is 5.82 Å². The average Bonchev–Trinajstić information content (AvgIpc) is 2.96. The van der Waals surface area contributed by atoms with Crippen molar-refractivity contribution in [2.75, 3.05) is 36.0 Å². The van der Waals surface area contributed by atoms with Crippen LogP contribution < -0.4 is 9.80 Å². The molecule has 1 fully saturated rings. The summed E-state index contributed by atoms with van der Waals surface area (Å²) >= 11 is 5.96. The van der Waals surface area contributed by atoms with Crippen molar-refractivity contribution in [2.24, 2.45) is 0 Å². The second kappa shape index (κ2) is 5.70.